The molecule has 1 aromatic heterocycles. The van der Waals surface area contributed by atoms with Gasteiger partial charge in [0.15, 0.2) is 5.96 Å². The van der Waals surface area contributed by atoms with Crippen molar-refractivity contribution in [3.63, 3.8) is 0 Å². The van der Waals surface area contributed by atoms with Crippen LogP contribution in [0.15, 0.2) is 35.5 Å². The fourth-order valence-corrected chi connectivity index (χ4v) is 4.04. The Hall–Kier alpha value is -3.82. The molecule has 39 heavy (non-hydrogen) atoms. The van der Waals surface area contributed by atoms with Crippen molar-refractivity contribution in [1.29, 1.82) is 0 Å². The number of rotatable bonds is 15. The molecular weight excluding hydrogens is 528 g/mol. The van der Waals surface area contributed by atoms with Gasteiger partial charge in [0.2, 0.25) is 17.7 Å². The average molecular weight is 565 g/mol. The summed E-state index contributed by atoms with van der Waals surface area (Å²) >= 11 is 4.12. The molecule has 0 aliphatic carbocycles. The van der Waals surface area contributed by atoms with Crippen molar-refractivity contribution >= 4 is 53.2 Å². The Kier molecular flexibility index (Phi) is 12.0. The lowest BCUT2D eigenvalue weighted by molar-refractivity contribution is -0.143. The monoisotopic (exact) mass is 564 g/mol. The number of fused-ring (bicyclic) bond motifs is 1. The number of thiol groups is 1. The molecule has 1 aromatic carbocycles. The zero-order chi connectivity index (χ0) is 29.1. The lowest BCUT2D eigenvalue weighted by atomic mass is 10.0. The number of aliphatic hydroxyl groups is 1. The third-order valence-electron chi connectivity index (χ3n) is 5.89. The molecule has 0 bridgehead atoms. The number of hydrogen-bond donors (Lipinski definition) is 10. The number of aliphatic carboxylic acids is 1. The summed E-state index contributed by atoms with van der Waals surface area (Å²) in [6, 6.07) is 2.56. The number of para-hydroxylation sites is 1. The number of nitrogens with zero attached hydrogens (tertiary/aromatic N) is 1. The van der Waals surface area contributed by atoms with Gasteiger partial charge in [-0.05, 0) is 37.8 Å². The zero-order valence-corrected chi connectivity index (χ0v) is 22.4. The summed E-state index contributed by atoms with van der Waals surface area (Å²) in [5.41, 5.74) is 18.3. The van der Waals surface area contributed by atoms with Gasteiger partial charge in [-0.1, -0.05) is 18.2 Å². The molecule has 15 heteroatoms. The van der Waals surface area contributed by atoms with Crippen LogP contribution in [0.3, 0.4) is 0 Å². The maximum absolute atomic E-state index is 12.9. The number of amides is 3. The van der Waals surface area contributed by atoms with E-state index in [0.717, 1.165) is 16.5 Å². The molecule has 2 aromatic rings. The molecule has 5 atom stereocenters. The zero-order valence-electron chi connectivity index (χ0n) is 21.5. The van der Waals surface area contributed by atoms with Gasteiger partial charge in [0.25, 0.3) is 0 Å². The number of hydrogen-bond acceptors (Lipinski definition) is 8. The Morgan fingerprint density at radius 3 is 2.33 bits per heavy atom. The van der Waals surface area contributed by atoms with E-state index >= 15 is 0 Å². The molecule has 14 nitrogen and oxygen atoms in total. The Labute approximate surface area is 230 Å². The summed E-state index contributed by atoms with van der Waals surface area (Å²) in [4.78, 5) is 56.8. The summed E-state index contributed by atoms with van der Waals surface area (Å²) in [7, 11) is 0. The van der Waals surface area contributed by atoms with Crippen LogP contribution in [-0.4, -0.2) is 87.4 Å². The first kappa shape index (κ1) is 31.4. The molecule has 12 N–H and O–H groups in total. The molecule has 0 spiro atoms. The highest BCUT2D eigenvalue weighted by Crippen LogP contribution is 2.18. The smallest absolute Gasteiger partial charge is 0.326 e. The lowest BCUT2D eigenvalue weighted by Crippen LogP contribution is -2.60. The van der Waals surface area contributed by atoms with Gasteiger partial charge >= 0.3 is 5.97 Å². The van der Waals surface area contributed by atoms with E-state index in [2.05, 4.69) is 38.6 Å². The maximum Gasteiger partial charge on any atom is 0.326 e. The molecule has 0 saturated heterocycles. The molecule has 5 unspecified atom stereocenters. The van der Waals surface area contributed by atoms with Crippen LogP contribution in [0, 0.1) is 0 Å². The summed E-state index contributed by atoms with van der Waals surface area (Å²) in [5.74, 6) is -3.93. The number of carbonyl (C=O) groups excluding carboxylic acids is 3. The van der Waals surface area contributed by atoms with Crippen LogP contribution in [0.2, 0.25) is 0 Å². The van der Waals surface area contributed by atoms with E-state index in [-0.39, 0.29) is 37.5 Å². The van der Waals surface area contributed by atoms with Gasteiger partial charge < -0.3 is 48.3 Å². The van der Waals surface area contributed by atoms with Crippen LogP contribution in [-0.2, 0) is 25.6 Å². The minimum atomic E-state index is -1.50. The number of aliphatic hydroxyl groups excluding tert-OH is 1. The first-order chi connectivity index (χ1) is 18.4. The number of H-pyrrole nitrogens is 1. The van der Waals surface area contributed by atoms with Crippen LogP contribution < -0.4 is 33.2 Å². The van der Waals surface area contributed by atoms with E-state index < -0.39 is 54.0 Å². The molecular formula is C24H36N8O6S. The van der Waals surface area contributed by atoms with Crippen molar-refractivity contribution < 1.29 is 29.4 Å². The summed E-state index contributed by atoms with van der Waals surface area (Å²) < 4.78 is 0. The van der Waals surface area contributed by atoms with Gasteiger partial charge in [-0.25, -0.2) is 4.79 Å². The Balaban J connectivity index is 1.99. The van der Waals surface area contributed by atoms with Crippen LogP contribution in [0.1, 0.15) is 25.3 Å². The number of carbonyl (C=O) groups is 4. The molecule has 3 amide bonds. The summed E-state index contributed by atoms with van der Waals surface area (Å²) in [5, 5.41) is 27.6. The summed E-state index contributed by atoms with van der Waals surface area (Å²) in [6.45, 7) is 1.41. The standard InChI is InChI=1S/C24H36N8O6S/c1-12(33)19(22(36)30-17(23(37)38)7-4-8-28-24(26)27)32-21(35)18(11-39)31-20(34)15(25)9-13-10-29-16-6-3-2-5-14(13)16/h2-3,5-6,10,12,15,17-19,29,33,39H,4,7-9,11,25H2,1H3,(H,30,36)(H,31,34)(H,32,35)(H,37,38)(H4,26,27,28). The molecule has 214 valence electrons. The summed E-state index contributed by atoms with van der Waals surface area (Å²) in [6.07, 6.45) is 0.841. The Morgan fingerprint density at radius 1 is 1.05 bits per heavy atom. The molecule has 0 saturated carbocycles. The number of aromatic amines is 1. The van der Waals surface area contributed by atoms with E-state index in [9.17, 15) is 29.4 Å². The average Bonchev–Trinajstić information content (AvgIpc) is 3.29. The van der Waals surface area contributed by atoms with Crippen molar-refractivity contribution in [1.82, 2.24) is 20.9 Å². The molecule has 2 rings (SSSR count). The number of carboxylic acids is 1. The number of aromatic nitrogens is 1. The van der Waals surface area contributed by atoms with E-state index in [0.29, 0.717) is 0 Å². The topological polar surface area (TPSA) is 251 Å². The highest BCUT2D eigenvalue weighted by Gasteiger charge is 2.32. The van der Waals surface area contributed by atoms with E-state index in [1.54, 1.807) is 6.20 Å². The van der Waals surface area contributed by atoms with E-state index in [4.69, 9.17) is 17.2 Å². The van der Waals surface area contributed by atoms with E-state index in [1.807, 2.05) is 24.3 Å². The third-order valence-corrected chi connectivity index (χ3v) is 6.25. The second-order valence-electron chi connectivity index (χ2n) is 8.99. The minimum Gasteiger partial charge on any atom is -0.480 e. The minimum absolute atomic E-state index is 0.00195. The van der Waals surface area contributed by atoms with Crippen LogP contribution in [0.4, 0.5) is 0 Å². The normalized spacial score (nSPS) is 14.9. The number of carboxylic acid groups (broad SMARTS) is 1. The second-order valence-corrected chi connectivity index (χ2v) is 9.35. The fourth-order valence-electron chi connectivity index (χ4n) is 3.78. The SMILES string of the molecule is CC(O)C(NC(=O)C(CS)NC(=O)C(N)Cc1c[nH]c2ccccc12)C(=O)NC(CCCN=C(N)N)C(=O)O. The predicted molar refractivity (Wildman–Crippen MR) is 149 cm³/mol. The number of aliphatic imine (C=N–C) groups is 1. The largest absolute Gasteiger partial charge is 0.480 e. The molecule has 0 radical (unpaired) electrons. The first-order valence-corrected chi connectivity index (χ1v) is 12.9. The van der Waals surface area contributed by atoms with E-state index in [1.165, 1.54) is 6.92 Å². The first-order valence-electron chi connectivity index (χ1n) is 12.2. The van der Waals surface area contributed by atoms with Gasteiger partial charge in [-0.2, -0.15) is 12.6 Å². The van der Waals surface area contributed by atoms with Crippen molar-refractivity contribution in [2.45, 2.75) is 56.5 Å². The highest BCUT2D eigenvalue weighted by molar-refractivity contribution is 7.80. The Bertz CT molecular complexity index is 1180. The molecule has 0 fully saturated rings. The predicted octanol–water partition coefficient (Wildman–Crippen LogP) is -2.06. The maximum atomic E-state index is 12.9. The molecule has 1 heterocycles. The number of guanidine groups is 1. The van der Waals surface area contributed by atoms with Gasteiger partial charge in [-0.3, -0.25) is 19.4 Å². The molecule has 0 aliphatic rings. The number of nitrogens with two attached hydrogens (primary N) is 3. The van der Waals surface area contributed by atoms with Crippen LogP contribution in [0.5, 0.6) is 0 Å². The number of nitrogens with one attached hydrogen (secondary N) is 4. The Morgan fingerprint density at radius 2 is 1.72 bits per heavy atom. The number of benzene rings is 1. The van der Waals surface area contributed by atoms with Crippen molar-refractivity contribution in [2.75, 3.05) is 12.3 Å². The van der Waals surface area contributed by atoms with Crippen molar-refractivity contribution in [3.05, 3.63) is 36.0 Å². The third kappa shape index (κ3) is 9.46. The highest BCUT2D eigenvalue weighted by atomic mass is 32.1. The fraction of sp³-hybridized carbons (Fsp3) is 0.458. The molecule has 0 aliphatic heterocycles. The van der Waals surface area contributed by atoms with Gasteiger partial charge in [0, 0.05) is 29.4 Å². The van der Waals surface area contributed by atoms with Crippen molar-refractivity contribution in [2.24, 2.45) is 22.2 Å². The van der Waals surface area contributed by atoms with Gasteiger partial charge in [-0.15, -0.1) is 0 Å². The van der Waals surface area contributed by atoms with Gasteiger partial charge in [0.05, 0.1) is 12.1 Å². The van der Waals surface area contributed by atoms with Crippen LogP contribution in [0.25, 0.3) is 10.9 Å². The van der Waals surface area contributed by atoms with Crippen LogP contribution >= 0.6 is 12.6 Å². The van der Waals surface area contributed by atoms with Gasteiger partial charge in [0.1, 0.15) is 18.1 Å². The quantitative estimate of drug-likeness (QED) is 0.0493. The van der Waals surface area contributed by atoms with Crippen molar-refractivity contribution in [3.8, 4) is 0 Å². The lowest BCUT2D eigenvalue weighted by Gasteiger charge is -2.26. The second kappa shape index (κ2) is 14.9.